The summed E-state index contributed by atoms with van der Waals surface area (Å²) in [4.78, 5) is 0. The van der Waals surface area contributed by atoms with Gasteiger partial charge in [-0.2, -0.15) is 0 Å². The molecule has 0 saturated carbocycles. The average Bonchev–Trinajstić information content (AvgIpc) is 1.98. The molecule has 61 valence electrons. The minimum Gasteiger partial charge on any atom is -1.00 e. The maximum atomic E-state index is 2.35. The van der Waals surface area contributed by atoms with E-state index < -0.39 is 0 Å². The fourth-order valence-corrected chi connectivity index (χ4v) is 1.83. The van der Waals surface area contributed by atoms with Crippen molar-refractivity contribution in [3.8, 4) is 0 Å². The minimum absolute atomic E-state index is 0. The van der Waals surface area contributed by atoms with E-state index in [-0.39, 0.29) is 9.41 Å². The summed E-state index contributed by atoms with van der Waals surface area (Å²) in [5.74, 6) is 0.725. The molecule has 1 unspecified atom stereocenters. The molecular formula is C8H11F2Zr. The number of allylic oxidation sites excluding steroid dienone is 4. The number of hydrogen-bond donors (Lipinski definition) is 0. The van der Waals surface area contributed by atoms with Gasteiger partial charge in [0.2, 0.25) is 0 Å². The first-order valence-electron chi connectivity index (χ1n) is 3.24. The summed E-state index contributed by atoms with van der Waals surface area (Å²) < 4.78 is 1.62. The summed E-state index contributed by atoms with van der Waals surface area (Å²) >= 11 is 1.58. The molecule has 0 fully saturated rings. The van der Waals surface area contributed by atoms with Gasteiger partial charge in [-0.3, -0.25) is 0 Å². The Balaban J connectivity index is 0. The first kappa shape index (κ1) is 13.8. The van der Waals surface area contributed by atoms with Crippen molar-refractivity contribution in [2.45, 2.75) is 20.8 Å². The van der Waals surface area contributed by atoms with Gasteiger partial charge >= 0.3 is 71.9 Å². The van der Waals surface area contributed by atoms with Crippen molar-refractivity contribution in [3.05, 3.63) is 20.5 Å². The van der Waals surface area contributed by atoms with Crippen molar-refractivity contribution < 1.29 is 34.1 Å². The van der Waals surface area contributed by atoms with E-state index in [2.05, 4.69) is 26.8 Å². The molecule has 0 amide bonds. The van der Waals surface area contributed by atoms with Gasteiger partial charge in [-0.1, -0.05) is 0 Å². The zero-order chi connectivity index (χ0) is 7.02. The summed E-state index contributed by atoms with van der Waals surface area (Å²) in [6.07, 6.45) is 2.35. The molecule has 11 heavy (non-hydrogen) atoms. The molecule has 0 aliphatic heterocycles. The van der Waals surface area contributed by atoms with E-state index in [0.717, 1.165) is 5.92 Å². The molecule has 0 bridgehead atoms. The number of hydrogen-bond acceptors (Lipinski definition) is 0. The minimum atomic E-state index is 0. The van der Waals surface area contributed by atoms with Crippen LogP contribution in [0.4, 0.5) is 0 Å². The molecule has 1 atom stereocenters. The van der Waals surface area contributed by atoms with Crippen LogP contribution in [0, 0.1) is 5.92 Å². The molecule has 0 aromatic carbocycles. The number of rotatable bonds is 0. The van der Waals surface area contributed by atoms with Crippen molar-refractivity contribution >= 4 is 0 Å². The van der Waals surface area contributed by atoms with Crippen LogP contribution in [0.2, 0.25) is 0 Å². The first-order chi connectivity index (χ1) is 4.13. The molecule has 3 heteroatoms. The Labute approximate surface area is 81.3 Å². The van der Waals surface area contributed by atoms with Gasteiger partial charge in [-0.25, -0.2) is 0 Å². The third-order valence-electron chi connectivity index (χ3n) is 1.95. The van der Waals surface area contributed by atoms with Crippen LogP contribution in [-0.4, -0.2) is 0 Å². The largest absolute Gasteiger partial charge is 1.00 e. The molecule has 0 spiro atoms. The Kier molecular flexibility index (Phi) is 6.23. The van der Waals surface area contributed by atoms with Crippen LogP contribution in [0.1, 0.15) is 20.8 Å². The second-order valence-electron chi connectivity index (χ2n) is 2.68. The van der Waals surface area contributed by atoms with Crippen molar-refractivity contribution in [3.63, 3.8) is 0 Å². The summed E-state index contributed by atoms with van der Waals surface area (Å²) in [6, 6.07) is 0. The standard InChI is InChI=1S/C8H11.2FH.Zr/c1-6-4-7(2)8(3)5-6;;;/h4,6H,1-3H3;2*1H;/q;;;+2/p-2. The van der Waals surface area contributed by atoms with Gasteiger partial charge in [0.15, 0.2) is 0 Å². The Bertz CT molecular complexity index is 194. The predicted molar refractivity (Wildman–Crippen MR) is 35.6 cm³/mol. The van der Waals surface area contributed by atoms with E-state index >= 15 is 0 Å². The summed E-state index contributed by atoms with van der Waals surface area (Å²) in [5.41, 5.74) is 3.01. The summed E-state index contributed by atoms with van der Waals surface area (Å²) in [7, 11) is 0. The first-order valence-corrected chi connectivity index (χ1v) is 4.47. The quantitative estimate of drug-likeness (QED) is 0.408. The van der Waals surface area contributed by atoms with Crippen LogP contribution in [0.5, 0.6) is 0 Å². The van der Waals surface area contributed by atoms with Crippen molar-refractivity contribution in [2.24, 2.45) is 5.92 Å². The molecular weight excluding hydrogens is 225 g/mol. The van der Waals surface area contributed by atoms with E-state index in [1.54, 1.807) is 28.0 Å². The molecule has 0 saturated heterocycles. The van der Waals surface area contributed by atoms with Gasteiger partial charge < -0.3 is 9.41 Å². The molecule has 1 rings (SSSR count). The Morgan fingerprint density at radius 1 is 1.27 bits per heavy atom. The smallest absolute Gasteiger partial charge is 1.00 e. The second-order valence-corrected chi connectivity index (χ2v) is 4.00. The SMILES string of the molecule is CC1=CC(C)[C]([Zr+2])=C1C.[F-].[F-]. The van der Waals surface area contributed by atoms with Gasteiger partial charge in [-0.05, 0) is 0 Å². The van der Waals surface area contributed by atoms with Gasteiger partial charge in [0, 0.05) is 0 Å². The third kappa shape index (κ3) is 2.63. The maximum absolute atomic E-state index is 2.35. The van der Waals surface area contributed by atoms with E-state index in [1.807, 2.05) is 0 Å². The molecule has 0 aromatic heterocycles. The van der Waals surface area contributed by atoms with Crippen molar-refractivity contribution in [2.75, 3.05) is 0 Å². The molecule has 0 radical (unpaired) electrons. The Morgan fingerprint density at radius 2 is 1.73 bits per heavy atom. The van der Waals surface area contributed by atoms with Crippen LogP contribution in [-0.2, 0) is 24.7 Å². The topological polar surface area (TPSA) is 0 Å². The van der Waals surface area contributed by atoms with Gasteiger partial charge in [-0.15, -0.1) is 0 Å². The van der Waals surface area contributed by atoms with Crippen LogP contribution >= 0.6 is 0 Å². The van der Waals surface area contributed by atoms with Crippen LogP contribution < -0.4 is 9.41 Å². The predicted octanol–water partition coefficient (Wildman–Crippen LogP) is -3.59. The Hall–Kier alpha value is 0.223. The molecule has 0 aromatic rings. The van der Waals surface area contributed by atoms with Crippen LogP contribution in [0.3, 0.4) is 0 Å². The van der Waals surface area contributed by atoms with Gasteiger partial charge in [0.1, 0.15) is 0 Å². The molecule has 0 nitrogen and oxygen atoms in total. The maximum Gasteiger partial charge on any atom is -1.00 e. The average molecular weight is 236 g/mol. The second kappa shape index (κ2) is 4.97. The fraction of sp³-hybridized carbons (Fsp3) is 0.500. The van der Waals surface area contributed by atoms with E-state index in [4.69, 9.17) is 0 Å². The normalized spacial score (nSPS) is 22.3. The van der Waals surface area contributed by atoms with Crippen molar-refractivity contribution in [1.82, 2.24) is 0 Å². The Morgan fingerprint density at radius 3 is 1.82 bits per heavy atom. The monoisotopic (exact) mass is 235 g/mol. The zero-order valence-corrected chi connectivity index (χ0v) is 9.37. The zero-order valence-electron chi connectivity index (χ0n) is 6.91. The van der Waals surface area contributed by atoms with Gasteiger partial charge in [0.25, 0.3) is 0 Å². The molecule has 0 heterocycles. The van der Waals surface area contributed by atoms with E-state index in [9.17, 15) is 0 Å². The molecule has 1 aliphatic rings. The van der Waals surface area contributed by atoms with Crippen LogP contribution in [0.15, 0.2) is 20.5 Å². The van der Waals surface area contributed by atoms with E-state index in [0.29, 0.717) is 0 Å². The summed E-state index contributed by atoms with van der Waals surface area (Å²) in [6.45, 7) is 6.69. The van der Waals surface area contributed by atoms with Gasteiger partial charge in [0.05, 0.1) is 0 Å². The fourth-order valence-electron chi connectivity index (χ4n) is 1.14. The van der Waals surface area contributed by atoms with Crippen molar-refractivity contribution in [1.29, 1.82) is 0 Å². The molecule has 1 aliphatic carbocycles. The van der Waals surface area contributed by atoms with E-state index in [1.165, 1.54) is 11.1 Å². The molecule has 0 N–H and O–H groups in total. The van der Waals surface area contributed by atoms with Crippen LogP contribution in [0.25, 0.3) is 0 Å². The number of halogens is 2. The third-order valence-corrected chi connectivity index (χ3v) is 3.99. The summed E-state index contributed by atoms with van der Waals surface area (Å²) in [5, 5.41) is 0.